The van der Waals surface area contributed by atoms with E-state index >= 15 is 0 Å². The van der Waals surface area contributed by atoms with Gasteiger partial charge in [-0.1, -0.05) is 0 Å². The molecule has 1 aromatic heterocycles. The van der Waals surface area contributed by atoms with Gasteiger partial charge in [0.2, 0.25) is 0 Å². The second-order valence-corrected chi connectivity index (χ2v) is 7.24. The highest BCUT2D eigenvalue weighted by Crippen LogP contribution is 2.23. The van der Waals surface area contributed by atoms with E-state index in [0.717, 1.165) is 23.5 Å². The Morgan fingerprint density at radius 3 is 2.79 bits per heavy atom. The molecule has 1 aliphatic rings. The summed E-state index contributed by atoms with van der Waals surface area (Å²) < 4.78 is 0. The molecule has 4 heteroatoms. The minimum atomic E-state index is 0.285. The molecule has 1 fully saturated rings. The number of likely N-dealkylation sites (tertiary alicyclic amines) is 1. The van der Waals surface area contributed by atoms with Crippen LogP contribution in [0.25, 0.3) is 0 Å². The molecule has 0 spiro atoms. The molecule has 2 heterocycles. The maximum Gasteiger partial charge on any atom is 0.177 e. The van der Waals surface area contributed by atoms with Crippen LogP contribution >= 0.6 is 11.3 Å². The first kappa shape index (κ1) is 14.7. The van der Waals surface area contributed by atoms with Gasteiger partial charge >= 0.3 is 0 Å². The van der Waals surface area contributed by atoms with Crippen LogP contribution in [0.15, 0.2) is 6.07 Å². The topological polar surface area (TPSA) is 23.6 Å². The average molecular weight is 280 g/mol. The van der Waals surface area contributed by atoms with E-state index in [4.69, 9.17) is 0 Å². The van der Waals surface area contributed by atoms with Crippen LogP contribution in [0.2, 0.25) is 0 Å². The van der Waals surface area contributed by atoms with E-state index in [1.165, 1.54) is 17.7 Å². The number of likely N-dealkylation sites (N-methyl/N-ethyl adjacent to an activating group) is 1. The Hall–Kier alpha value is -0.710. The summed E-state index contributed by atoms with van der Waals surface area (Å²) in [6.07, 6.45) is 2.43. The second-order valence-electron chi connectivity index (χ2n) is 5.78. The summed E-state index contributed by atoms with van der Waals surface area (Å²) >= 11 is 1.72. The van der Waals surface area contributed by atoms with Gasteiger partial charge in [0, 0.05) is 27.9 Å². The number of carbonyl (C=O) groups excluding carboxylic acids is 1. The largest absolute Gasteiger partial charge is 0.308 e. The molecular weight excluding hydrogens is 256 g/mol. The van der Waals surface area contributed by atoms with Gasteiger partial charge in [0.1, 0.15) is 0 Å². The molecule has 0 radical (unpaired) electrons. The van der Waals surface area contributed by atoms with Crippen LogP contribution < -0.4 is 0 Å². The van der Waals surface area contributed by atoms with Crippen molar-refractivity contribution in [1.29, 1.82) is 0 Å². The SMILES string of the molecule is Cc1cc(C(=O)CN2CCCC2CN(C)C)c(C)s1. The lowest BCUT2D eigenvalue weighted by Crippen LogP contribution is -2.40. The highest BCUT2D eigenvalue weighted by Gasteiger charge is 2.27. The zero-order chi connectivity index (χ0) is 14.0. The lowest BCUT2D eigenvalue weighted by molar-refractivity contribution is 0.0910. The number of hydrogen-bond acceptors (Lipinski definition) is 4. The summed E-state index contributed by atoms with van der Waals surface area (Å²) in [5.74, 6) is 0.285. The Kier molecular flexibility index (Phi) is 4.76. The molecular formula is C15H24N2OS. The Morgan fingerprint density at radius 2 is 2.21 bits per heavy atom. The maximum absolute atomic E-state index is 12.4. The summed E-state index contributed by atoms with van der Waals surface area (Å²) in [5, 5.41) is 0. The molecule has 19 heavy (non-hydrogen) atoms. The van der Waals surface area contributed by atoms with E-state index in [-0.39, 0.29) is 5.78 Å². The Bertz CT molecular complexity index is 453. The fourth-order valence-corrected chi connectivity index (χ4v) is 3.85. The number of Topliss-reactive ketones (excluding diaryl/α,β-unsaturated/α-hetero) is 1. The third kappa shape index (κ3) is 3.65. The molecule has 0 bridgehead atoms. The van der Waals surface area contributed by atoms with Gasteiger partial charge in [0.15, 0.2) is 5.78 Å². The van der Waals surface area contributed by atoms with Gasteiger partial charge < -0.3 is 4.90 Å². The van der Waals surface area contributed by atoms with Crippen molar-refractivity contribution in [2.45, 2.75) is 32.7 Å². The van der Waals surface area contributed by atoms with Crippen LogP contribution in [-0.2, 0) is 0 Å². The molecule has 0 aliphatic carbocycles. The fraction of sp³-hybridized carbons (Fsp3) is 0.667. The number of ketones is 1. The third-order valence-corrected chi connectivity index (χ3v) is 4.73. The molecule has 1 saturated heterocycles. The smallest absolute Gasteiger partial charge is 0.177 e. The standard InChI is InChI=1S/C15H24N2OS/c1-11-8-14(12(2)19-11)15(18)10-17-7-5-6-13(17)9-16(3)4/h8,13H,5-7,9-10H2,1-4H3. The molecule has 0 amide bonds. The first-order valence-corrected chi connectivity index (χ1v) is 7.78. The predicted molar refractivity (Wildman–Crippen MR) is 81.3 cm³/mol. The zero-order valence-corrected chi connectivity index (χ0v) is 13.2. The molecule has 1 aromatic rings. The van der Waals surface area contributed by atoms with Crippen LogP contribution in [0.3, 0.4) is 0 Å². The number of thiophene rings is 1. The zero-order valence-electron chi connectivity index (χ0n) is 12.4. The lowest BCUT2D eigenvalue weighted by atomic mass is 10.1. The van der Waals surface area contributed by atoms with E-state index < -0.39 is 0 Å². The van der Waals surface area contributed by atoms with Gasteiger partial charge in [-0.3, -0.25) is 9.69 Å². The summed E-state index contributed by atoms with van der Waals surface area (Å²) in [5.41, 5.74) is 0.929. The molecule has 106 valence electrons. The fourth-order valence-electron chi connectivity index (χ4n) is 2.91. The Morgan fingerprint density at radius 1 is 1.47 bits per heavy atom. The van der Waals surface area contributed by atoms with E-state index in [2.05, 4.69) is 30.8 Å². The van der Waals surface area contributed by atoms with E-state index in [1.807, 2.05) is 13.0 Å². The van der Waals surface area contributed by atoms with Gasteiger partial charge in [0.25, 0.3) is 0 Å². The Labute approximate surface area is 120 Å². The predicted octanol–water partition coefficient (Wildman–Crippen LogP) is 2.57. The average Bonchev–Trinajstić information content (AvgIpc) is 2.85. The number of nitrogens with zero attached hydrogens (tertiary/aromatic N) is 2. The minimum Gasteiger partial charge on any atom is -0.308 e. The van der Waals surface area contributed by atoms with Gasteiger partial charge in [-0.25, -0.2) is 0 Å². The van der Waals surface area contributed by atoms with E-state index in [9.17, 15) is 4.79 Å². The normalized spacial score (nSPS) is 20.4. The van der Waals surface area contributed by atoms with Crippen LogP contribution in [0, 0.1) is 13.8 Å². The summed E-state index contributed by atoms with van der Waals surface area (Å²) in [4.78, 5) is 19.4. The molecule has 1 unspecified atom stereocenters. The number of aryl methyl sites for hydroxylation is 2. The lowest BCUT2D eigenvalue weighted by Gasteiger charge is -2.26. The van der Waals surface area contributed by atoms with Gasteiger partial charge in [0.05, 0.1) is 6.54 Å². The van der Waals surface area contributed by atoms with Gasteiger partial charge in [-0.15, -0.1) is 11.3 Å². The molecule has 3 nitrogen and oxygen atoms in total. The van der Waals surface area contributed by atoms with Crippen molar-refractivity contribution in [3.05, 3.63) is 21.4 Å². The number of carbonyl (C=O) groups is 1. The highest BCUT2D eigenvalue weighted by atomic mass is 32.1. The number of rotatable bonds is 5. The van der Waals surface area contributed by atoms with Gasteiger partial charge in [-0.2, -0.15) is 0 Å². The molecule has 0 aromatic carbocycles. The second kappa shape index (κ2) is 6.16. The molecule has 2 rings (SSSR count). The first-order valence-electron chi connectivity index (χ1n) is 6.96. The van der Waals surface area contributed by atoms with Gasteiger partial charge in [-0.05, 0) is 53.4 Å². The Balaban J connectivity index is 2.00. The van der Waals surface area contributed by atoms with Crippen LogP contribution in [-0.4, -0.2) is 55.4 Å². The molecule has 1 atom stereocenters. The van der Waals surface area contributed by atoms with Crippen LogP contribution in [0.4, 0.5) is 0 Å². The van der Waals surface area contributed by atoms with Crippen molar-refractivity contribution >= 4 is 17.1 Å². The van der Waals surface area contributed by atoms with Crippen molar-refractivity contribution < 1.29 is 4.79 Å². The minimum absolute atomic E-state index is 0.285. The maximum atomic E-state index is 12.4. The van der Waals surface area contributed by atoms with Crippen molar-refractivity contribution in [2.24, 2.45) is 0 Å². The monoisotopic (exact) mass is 280 g/mol. The third-order valence-electron chi connectivity index (χ3n) is 3.76. The summed E-state index contributed by atoms with van der Waals surface area (Å²) in [6.45, 7) is 6.81. The highest BCUT2D eigenvalue weighted by molar-refractivity contribution is 7.12. The van der Waals surface area contributed by atoms with Crippen LogP contribution in [0.5, 0.6) is 0 Å². The summed E-state index contributed by atoms with van der Waals surface area (Å²) in [6, 6.07) is 2.58. The van der Waals surface area contributed by atoms with Crippen molar-refractivity contribution in [3.63, 3.8) is 0 Å². The summed E-state index contributed by atoms with van der Waals surface area (Å²) in [7, 11) is 4.20. The van der Waals surface area contributed by atoms with Crippen molar-refractivity contribution in [3.8, 4) is 0 Å². The molecule has 0 N–H and O–H groups in total. The van der Waals surface area contributed by atoms with Crippen molar-refractivity contribution in [2.75, 3.05) is 33.7 Å². The van der Waals surface area contributed by atoms with Crippen LogP contribution in [0.1, 0.15) is 33.0 Å². The quantitative estimate of drug-likeness (QED) is 0.775. The first-order chi connectivity index (χ1) is 8.97. The number of hydrogen-bond donors (Lipinski definition) is 0. The van der Waals surface area contributed by atoms with E-state index in [0.29, 0.717) is 12.6 Å². The van der Waals surface area contributed by atoms with Crippen molar-refractivity contribution in [1.82, 2.24) is 9.80 Å². The molecule has 0 saturated carbocycles. The van der Waals surface area contributed by atoms with E-state index in [1.54, 1.807) is 11.3 Å². The molecule has 1 aliphatic heterocycles.